The number of carbonyl (C=O) groups is 1. The van der Waals surface area contributed by atoms with Crippen LogP contribution < -0.4 is 0 Å². The van der Waals surface area contributed by atoms with Gasteiger partial charge in [0.05, 0.1) is 7.11 Å². The minimum atomic E-state index is -0.827. The van der Waals surface area contributed by atoms with Crippen molar-refractivity contribution in [2.24, 2.45) is 5.41 Å². The maximum Gasteiger partial charge on any atom is 0.540 e. The Morgan fingerprint density at radius 2 is 1.64 bits per heavy atom. The number of hydrogen-bond acceptors (Lipinski definition) is 4. The molecule has 14 heavy (non-hydrogen) atoms. The van der Waals surface area contributed by atoms with Crippen LogP contribution in [-0.4, -0.2) is 18.9 Å². The van der Waals surface area contributed by atoms with Crippen molar-refractivity contribution < 1.29 is 19.3 Å². The Hall–Kier alpha value is -0.770. The molecule has 0 bridgehead atoms. The van der Waals surface area contributed by atoms with Crippen LogP contribution in [-0.2, 0) is 14.5 Å². The van der Waals surface area contributed by atoms with E-state index in [9.17, 15) is 4.79 Å². The lowest BCUT2D eigenvalue weighted by Gasteiger charge is -2.29. The molecule has 0 N–H and O–H groups in total. The summed E-state index contributed by atoms with van der Waals surface area (Å²) < 4.78 is 4.29. The van der Waals surface area contributed by atoms with Gasteiger partial charge in [-0.1, -0.05) is 20.8 Å². The molecule has 84 valence electrons. The average Bonchev–Trinajstić information content (AvgIpc) is 1.96. The monoisotopic (exact) mass is 204 g/mol. The van der Waals surface area contributed by atoms with Gasteiger partial charge in [0.25, 0.3) is 0 Å². The van der Waals surface area contributed by atoms with E-state index in [0.29, 0.717) is 0 Å². The van der Waals surface area contributed by atoms with E-state index in [4.69, 9.17) is 4.89 Å². The molecule has 4 heteroatoms. The highest BCUT2D eigenvalue weighted by Crippen LogP contribution is 2.29. The van der Waals surface area contributed by atoms with Gasteiger partial charge >= 0.3 is 6.16 Å². The second-order valence-corrected chi connectivity index (χ2v) is 5.12. The second-order valence-electron chi connectivity index (χ2n) is 5.12. The van der Waals surface area contributed by atoms with E-state index in [1.165, 1.54) is 7.11 Å². The Morgan fingerprint density at radius 1 is 1.14 bits per heavy atom. The molecule has 0 aromatic rings. The summed E-state index contributed by atoms with van der Waals surface area (Å²) >= 11 is 0. The van der Waals surface area contributed by atoms with Crippen molar-refractivity contribution in [2.75, 3.05) is 7.11 Å². The van der Waals surface area contributed by atoms with Crippen molar-refractivity contribution in [2.45, 2.75) is 46.6 Å². The minimum Gasteiger partial charge on any atom is -0.436 e. The first-order valence-electron chi connectivity index (χ1n) is 4.60. The van der Waals surface area contributed by atoms with E-state index in [0.717, 1.165) is 6.42 Å². The van der Waals surface area contributed by atoms with Crippen LogP contribution in [0.15, 0.2) is 0 Å². The van der Waals surface area contributed by atoms with Crippen molar-refractivity contribution in [3.63, 3.8) is 0 Å². The van der Waals surface area contributed by atoms with Gasteiger partial charge in [-0.15, -0.1) is 0 Å². The molecule has 0 unspecified atom stereocenters. The Bertz CT molecular complexity index is 191. The zero-order valence-corrected chi connectivity index (χ0v) is 9.84. The molecule has 0 aliphatic rings. The predicted molar refractivity (Wildman–Crippen MR) is 52.7 cm³/mol. The first-order valence-corrected chi connectivity index (χ1v) is 4.60. The summed E-state index contributed by atoms with van der Waals surface area (Å²) in [5.41, 5.74) is -0.393. The smallest absolute Gasteiger partial charge is 0.436 e. The Labute approximate surface area is 85.5 Å². The van der Waals surface area contributed by atoms with Gasteiger partial charge in [-0.3, -0.25) is 4.89 Å². The van der Waals surface area contributed by atoms with Crippen LogP contribution in [0, 0.1) is 5.41 Å². The third-order valence-electron chi connectivity index (χ3n) is 1.46. The first-order chi connectivity index (χ1) is 6.16. The van der Waals surface area contributed by atoms with E-state index in [1.807, 2.05) is 13.8 Å². The molecule has 0 rings (SSSR count). The first kappa shape index (κ1) is 13.2. The summed E-state index contributed by atoms with van der Waals surface area (Å²) in [5, 5.41) is 0. The lowest BCUT2D eigenvalue weighted by Crippen LogP contribution is -2.31. The van der Waals surface area contributed by atoms with Crippen LogP contribution in [0.5, 0.6) is 0 Å². The number of carbonyl (C=O) groups excluding carboxylic acids is 1. The lowest BCUT2D eigenvalue weighted by atomic mass is 9.84. The standard InChI is InChI=1S/C10H20O4/c1-9(2,3)7-10(4,5)14-13-8(11)12-6/h7H2,1-6H3. The van der Waals surface area contributed by atoms with E-state index >= 15 is 0 Å². The van der Waals surface area contributed by atoms with E-state index < -0.39 is 11.8 Å². The van der Waals surface area contributed by atoms with Crippen molar-refractivity contribution in [3.05, 3.63) is 0 Å². The molecule has 0 spiro atoms. The molecule has 0 aromatic carbocycles. The van der Waals surface area contributed by atoms with Gasteiger partial charge in [0.2, 0.25) is 0 Å². The van der Waals surface area contributed by atoms with E-state index in [1.54, 1.807) is 0 Å². The third-order valence-corrected chi connectivity index (χ3v) is 1.46. The number of ether oxygens (including phenoxy) is 1. The molecule has 0 heterocycles. The largest absolute Gasteiger partial charge is 0.540 e. The van der Waals surface area contributed by atoms with Crippen LogP contribution in [0.1, 0.15) is 41.0 Å². The quantitative estimate of drug-likeness (QED) is 0.403. The maximum atomic E-state index is 10.7. The Morgan fingerprint density at radius 3 is 2.00 bits per heavy atom. The summed E-state index contributed by atoms with van der Waals surface area (Å²) in [5.74, 6) is 0. The van der Waals surface area contributed by atoms with E-state index in [-0.39, 0.29) is 5.41 Å². The molecule has 4 nitrogen and oxygen atoms in total. The van der Waals surface area contributed by atoms with Crippen LogP contribution in [0.4, 0.5) is 4.79 Å². The summed E-state index contributed by atoms with van der Waals surface area (Å²) in [7, 11) is 1.24. The molecular weight excluding hydrogens is 184 g/mol. The van der Waals surface area contributed by atoms with Gasteiger partial charge in [0, 0.05) is 0 Å². The molecule has 0 amide bonds. The molecule has 0 saturated heterocycles. The highest BCUT2D eigenvalue weighted by Gasteiger charge is 2.28. The Kier molecular flexibility index (Phi) is 4.39. The zero-order chi connectivity index (χ0) is 11.4. The summed E-state index contributed by atoms with van der Waals surface area (Å²) in [6.45, 7) is 10.0. The normalized spacial score (nSPS) is 12.4. The molecule has 0 aliphatic carbocycles. The van der Waals surface area contributed by atoms with Gasteiger partial charge < -0.3 is 4.74 Å². The molecular formula is C10H20O4. The molecule has 0 radical (unpaired) electrons. The molecule has 0 aliphatic heterocycles. The van der Waals surface area contributed by atoms with Gasteiger partial charge in [-0.05, 0) is 25.7 Å². The van der Waals surface area contributed by atoms with Crippen LogP contribution in [0.25, 0.3) is 0 Å². The van der Waals surface area contributed by atoms with Crippen molar-refractivity contribution >= 4 is 6.16 Å². The van der Waals surface area contributed by atoms with Crippen LogP contribution in [0.2, 0.25) is 0 Å². The summed E-state index contributed by atoms with van der Waals surface area (Å²) in [6.07, 6.45) is -0.0521. The molecule has 0 saturated carbocycles. The summed E-state index contributed by atoms with van der Waals surface area (Å²) in [6, 6.07) is 0. The zero-order valence-electron chi connectivity index (χ0n) is 9.84. The topological polar surface area (TPSA) is 44.8 Å². The fraction of sp³-hybridized carbons (Fsp3) is 0.900. The molecule has 0 fully saturated rings. The molecule has 0 atom stereocenters. The van der Waals surface area contributed by atoms with Gasteiger partial charge in [0.1, 0.15) is 5.60 Å². The van der Waals surface area contributed by atoms with E-state index in [2.05, 4.69) is 30.4 Å². The van der Waals surface area contributed by atoms with Crippen LogP contribution >= 0.6 is 0 Å². The SMILES string of the molecule is COC(=O)OOC(C)(C)CC(C)(C)C. The number of hydrogen-bond donors (Lipinski definition) is 0. The van der Waals surface area contributed by atoms with Gasteiger partial charge in [-0.2, -0.15) is 4.89 Å². The second kappa shape index (κ2) is 4.64. The van der Waals surface area contributed by atoms with Gasteiger partial charge in [-0.25, -0.2) is 4.79 Å². The minimum absolute atomic E-state index is 0.114. The maximum absolute atomic E-state index is 10.7. The highest BCUT2D eigenvalue weighted by molar-refractivity contribution is 5.58. The van der Waals surface area contributed by atoms with Crippen LogP contribution in [0.3, 0.4) is 0 Å². The predicted octanol–water partition coefficient (Wildman–Crippen LogP) is 2.92. The third kappa shape index (κ3) is 6.71. The van der Waals surface area contributed by atoms with Gasteiger partial charge in [0.15, 0.2) is 0 Å². The van der Waals surface area contributed by atoms with Crippen molar-refractivity contribution in [1.29, 1.82) is 0 Å². The Balaban J connectivity index is 4.01. The highest BCUT2D eigenvalue weighted by atomic mass is 17.2. The fourth-order valence-corrected chi connectivity index (χ4v) is 1.49. The number of rotatable bonds is 3. The lowest BCUT2D eigenvalue weighted by molar-refractivity contribution is -0.321. The fourth-order valence-electron chi connectivity index (χ4n) is 1.49. The molecule has 0 aromatic heterocycles. The average molecular weight is 204 g/mol. The van der Waals surface area contributed by atoms with Crippen molar-refractivity contribution in [1.82, 2.24) is 0 Å². The number of methoxy groups -OCH3 is 1. The summed E-state index contributed by atoms with van der Waals surface area (Å²) in [4.78, 5) is 20.1. The van der Waals surface area contributed by atoms with Crippen molar-refractivity contribution in [3.8, 4) is 0 Å².